The highest BCUT2D eigenvalue weighted by atomic mass is 16.2. The Morgan fingerprint density at radius 2 is 0.976 bits per heavy atom. The van der Waals surface area contributed by atoms with Gasteiger partial charge in [-0.05, 0) is 46.5 Å². The van der Waals surface area contributed by atoms with Gasteiger partial charge in [0.1, 0.15) is 11.3 Å². The van der Waals surface area contributed by atoms with Crippen LogP contribution < -0.4 is 20.4 Å². The van der Waals surface area contributed by atoms with Gasteiger partial charge in [-0.25, -0.2) is 0 Å². The van der Waals surface area contributed by atoms with Crippen molar-refractivity contribution in [1.29, 1.82) is 0 Å². The number of rotatable bonds is 4. The van der Waals surface area contributed by atoms with Gasteiger partial charge in [-0.1, -0.05) is 101 Å². The van der Waals surface area contributed by atoms with Crippen LogP contribution in [0.3, 0.4) is 0 Å². The summed E-state index contributed by atoms with van der Waals surface area (Å²) in [6, 6.07) is 25.4. The molecule has 0 saturated carbocycles. The van der Waals surface area contributed by atoms with Crippen LogP contribution in [0, 0.1) is 0 Å². The smallest absolute Gasteiger partial charge is 0.223 e. The van der Waals surface area contributed by atoms with Crippen molar-refractivity contribution in [2.75, 3.05) is 22.9 Å². The van der Waals surface area contributed by atoms with Gasteiger partial charge >= 0.3 is 0 Å². The van der Waals surface area contributed by atoms with Crippen LogP contribution in [0.15, 0.2) is 84.9 Å². The Balaban J connectivity index is 1.18. The molecule has 3 aromatic rings. The molecule has 4 heterocycles. The number of carbonyl (C=O) groups is 2. The maximum atomic E-state index is 12.7. The van der Waals surface area contributed by atoms with E-state index in [-0.39, 0.29) is 22.6 Å². The van der Waals surface area contributed by atoms with Gasteiger partial charge < -0.3 is 20.4 Å². The lowest BCUT2D eigenvalue weighted by molar-refractivity contribution is -0.125. The number of fused-ring (bicyclic) bond motifs is 6. The fourth-order valence-corrected chi connectivity index (χ4v) is 7.79. The highest BCUT2D eigenvalue weighted by Gasteiger charge is 2.59. The van der Waals surface area contributed by atoms with E-state index in [4.69, 9.17) is 0 Å². The van der Waals surface area contributed by atoms with E-state index in [2.05, 4.69) is 145 Å². The minimum atomic E-state index is -0.630. The Bertz CT molecular complexity index is 1530. The Morgan fingerprint density at radius 1 is 0.595 bits per heavy atom. The first-order valence-corrected chi connectivity index (χ1v) is 14.9. The van der Waals surface area contributed by atoms with Crippen LogP contribution in [-0.2, 0) is 20.4 Å². The van der Waals surface area contributed by atoms with E-state index >= 15 is 0 Å². The number of nitrogens with one attached hydrogen (secondary N) is 2. The minimum absolute atomic E-state index is 0.0810. The molecule has 0 bridgehead atoms. The number of carbonyl (C=O) groups excluding carboxylic acids is 2. The third-order valence-corrected chi connectivity index (χ3v) is 10.2. The highest BCUT2D eigenvalue weighted by molar-refractivity contribution is 5.86. The van der Waals surface area contributed by atoms with Crippen molar-refractivity contribution in [2.45, 2.75) is 62.7 Å². The van der Waals surface area contributed by atoms with E-state index in [1.807, 2.05) is 0 Å². The van der Waals surface area contributed by atoms with E-state index in [0.29, 0.717) is 25.9 Å². The lowest BCUT2D eigenvalue weighted by atomic mass is 9.74. The fraction of sp³-hybridized carbons (Fsp3) is 0.333. The Hall–Kier alpha value is -4.32. The maximum absolute atomic E-state index is 12.7. The number of benzene rings is 3. The van der Waals surface area contributed by atoms with Gasteiger partial charge in [-0.2, -0.15) is 0 Å². The molecule has 2 atom stereocenters. The van der Waals surface area contributed by atoms with Crippen LogP contribution in [0.25, 0.3) is 12.2 Å². The summed E-state index contributed by atoms with van der Waals surface area (Å²) >= 11 is 0. The summed E-state index contributed by atoms with van der Waals surface area (Å²) in [5, 5.41) is 6.71. The molecule has 4 aliphatic heterocycles. The number of hydrogen-bond donors (Lipinski definition) is 2. The zero-order valence-corrected chi connectivity index (χ0v) is 24.8. The molecule has 2 N–H and O–H groups in total. The van der Waals surface area contributed by atoms with Gasteiger partial charge in [0.2, 0.25) is 11.8 Å². The van der Waals surface area contributed by atoms with Crippen molar-refractivity contribution < 1.29 is 9.59 Å². The molecule has 0 aromatic heterocycles. The minimum Gasteiger partial charge on any atom is -0.344 e. The lowest BCUT2D eigenvalue weighted by Gasteiger charge is -2.49. The molecule has 2 unspecified atom stereocenters. The number of nitrogens with zero attached hydrogens (tertiary/aromatic N) is 2. The SMILES string of the molecule is CC1(C)c2ccccc2N2CCC(=O)NC21/C=C/c1ccc(/C=C/C23NC(=O)CCN2c2ccccc2C3(C)C)cc1. The first-order valence-electron chi connectivity index (χ1n) is 14.9. The number of hydrogen-bond acceptors (Lipinski definition) is 4. The number of amides is 2. The Labute approximate surface area is 248 Å². The molecule has 4 aliphatic rings. The van der Waals surface area contributed by atoms with Gasteiger partial charge in [0.05, 0.1) is 0 Å². The first-order chi connectivity index (χ1) is 20.1. The van der Waals surface area contributed by atoms with Crippen molar-refractivity contribution >= 4 is 35.3 Å². The highest BCUT2D eigenvalue weighted by Crippen LogP contribution is 2.53. The van der Waals surface area contributed by atoms with Crippen LogP contribution >= 0.6 is 0 Å². The molecule has 0 spiro atoms. The normalized spacial score (nSPS) is 27.0. The second-order valence-electron chi connectivity index (χ2n) is 13.1. The van der Waals surface area contributed by atoms with Gasteiger partial charge in [0, 0.05) is 48.1 Å². The zero-order valence-electron chi connectivity index (χ0n) is 24.8. The first kappa shape index (κ1) is 26.6. The summed E-state index contributed by atoms with van der Waals surface area (Å²) < 4.78 is 0. The summed E-state index contributed by atoms with van der Waals surface area (Å²) in [6.07, 6.45) is 9.56. The van der Waals surface area contributed by atoms with Crippen molar-refractivity contribution in [3.05, 3.63) is 107 Å². The third-order valence-electron chi connectivity index (χ3n) is 10.2. The molecule has 3 aromatic carbocycles. The molecular weight excluding hydrogens is 520 g/mol. The van der Waals surface area contributed by atoms with E-state index in [1.165, 1.54) is 22.5 Å². The average molecular weight is 559 g/mol. The summed E-state index contributed by atoms with van der Waals surface area (Å²) in [6.45, 7) is 10.2. The van der Waals surface area contributed by atoms with Crippen LogP contribution in [0.5, 0.6) is 0 Å². The van der Waals surface area contributed by atoms with E-state index in [0.717, 1.165) is 11.1 Å². The summed E-state index contributed by atoms with van der Waals surface area (Å²) in [7, 11) is 0. The summed E-state index contributed by atoms with van der Waals surface area (Å²) in [5.41, 5.74) is 5.13. The fourth-order valence-electron chi connectivity index (χ4n) is 7.79. The van der Waals surface area contributed by atoms with Crippen LogP contribution in [-0.4, -0.2) is 36.2 Å². The van der Waals surface area contributed by atoms with E-state index < -0.39 is 11.3 Å². The quantitative estimate of drug-likeness (QED) is 0.429. The standard InChI is InChI=1S/C36H38N4O2/c1-33(2)27-9-5-7-11-29(27)39-23-19-31(41)37-35(33,39)21-17-25-13-15-26(16-14-25)18-22-36-34(3,4)28-10-6-8-12-30(28)40(36)24-20-32(42)38-36/h5-18,21-22H,19-20,23-24H2,1-4H3,(H,37,41)(H,38,42)/b21-17+,22-18+. The van der Waals surface area contributed by atoms with Gasteiger partial charge in [0.25, 0.3) is 0 Å². The molecule has 42 heavy (non-hydrogen) atoms. The topological polar surface area (TPSA) is 64.7 Å². The monoisotopic (exact) mass is 558 g/mol. The van der Waals surface area contributed by atoms with Crippen LogP contribution in [0.4, 0.5) is 11.4 Å². The van der Waals surface area contributed by atoms with Crippen molar-refractivity contribution in [3.63, 3.8) is 0 Å². The van der Waals surface area contributed by atoms with Gasteiger partial charge in [-0.15, -0.1) is 0 Å². The average Bonchev–Trinajstić information content (AvgIpc) is 3.30. The number of anilines is 2. The predicted octanol–water partition coefficient (Wildman–Crippen LogP) is 5.74. The maximum Gasteiger partial charge on any atom is 0.223 e. The molecule has 7 rings (SSSR count). The summed E-state index contributed by atoms with van der Waals surface area (Å²) in [5.74, 6) is 0.162. The molecule has 6 nitrogen and oxygen atoms in total. The summed E-state index contributed by atoms with van der Waals surface area (Å²) in [4.78, 5) is 30.1. The van der Waals surface area contributed by atoms with Crippen LogP contribution in [0.1, 0.15) is 62.8 Å². The largest absolute Gasteiger partial charge is 0.344 e. The molecule has 0 aliphatic carbocycles. The molecule has 0 radical (unpaired) electrons. The van der Waals surface area contributed by atoms with Crippen molar-refractivity contribution in [3.8, 4) is 0 Å². The molecule has 6 heteroatoms. The van der Waals surface area contributed by atoms with E-state index in [1.54, 1.807) is 0 Å². The van der Waals surface area contributed by atoms with Gasteiger partial charge in [-0.3, -0.25) is 9.59 Å². The van der Waals surface area contributed by atoms with E-state index in [9.17, 15) is 9.59 Å². The van der Waals surface area contributed by atoms with Gasteiger partial charge in [0.15, 0.2) is 0 Å². The second-order valence-corrected chi connectivity index (χ2v) is 13.1. The predicted molar refractivity (Wildman–Crippen MR) is 169 cm³/mol. The van der Waals surface area contributed by atoms with Crippen molar-refractivity contribution in [1.82, 2.24) is 10.6 Å². The second kappa shape index (κ2) is 9.09. The molecular formula is C36H38N4O2. The zero-order chi connectivity index (χ0) is 29.3. The molecule has 214 valence electrons. The lowest BCUT2D eigenvalue weighted by Crippen LogP contribution is -2.68. The molecule has 2 saturated heterocycles. The Kier molecular flexibility index (Phi) is 5.75. The molecule has 2 fully saturated rings. The van der Waals surface area contributed by atoms with Crippen LogP contribution in [0.2, 0.25) is 0 Å². The van der Waals surface area contributed by atoms with Crippen molar-refractivity contribution in [2.24, 2.45) is 0 Å². The Morgan fingerprint density at radius 3 is 1.38 bits per heavy atom. The third kappa shape index (κ3) is 3.57. The number of para-hydroxylation sites is 2. The molecule has 2 amide bonds.